The molecular weight excluding hydrogens is 329 g/mol. The quantitative estimate of drug-likeness (QED) is 0.788. The molecule has 0 fully saturated rings. The number of hydrogen-bond donors (Lipinski definition) is 1. The van der Waals surface area contributed by atoms with E-state index in [2.05, 4.69) is 21.2 Å². The van der Waals surface area contributed by atoms with E-state index in [9.17, 15) is 0 Å². The molecule has 1 N–H and O–H groups in total. The number of rotatable bonds is 3. The van der Waals surface area contributed by atoms with Gasteiger partial charge in [-0.05, 0) is 30.3 Å². The van der Waals surface area contributed by atoms with E-state index < -0.39 is 0 Å². The Bertz CT molecular complexity index is 498. The molecule has 0 unspecified atom stereocenters. The smallest absolute Gasteiger partial charge is 0.0931 e. The van der Waals surface area contributed by atoms with Crippen molar-refractivity contribution in [3.63, 3.8) is 0 Å². The van der Waals surface area contributed by atoms with E-state index in [1.165, 1.54) is 4.88 Å². The molecule has 0 atom stereocenters. The van der Waals surface area contributed by atoms with Crippen LogP contribution in [0.3, 0.4) is 0 Å². The largest absolute Gasteiger partial charge is 0.379 e. The molecule has 16 heavy (non-hydrogen) atoms. The lowest BCUT2D eigenvalue weighted by molar-refractivity contribution is 1.19. The van der Waals surface area contributed by atoms with Crippen LogP contribution in [-0.2, 0) is 6.54 Å². The summed E-state index contributed by atoms with van der Waals surface area (Å²) in [5.41, 5.74) is 0.917. The molecule has 0 aliphatic carbocycles. The Hall–Kier alpha value is -0.220. The zero-order valence-electron chi connectivity index (χ0n) is 8.14. The fourth-order valence-electron chi connectivity index (χ4n) is 1.26. The van der Waals surface area contributed by atoms with Crippen molar-refractivity contribution in [2.24, 2.45) is 0 Å². The Morgan fingerprint density at radius 2 is 2.00 bits per heavy atom. The molecule has 5 heteroatoms. The van der Waals surface area contributed by atoms with E-state index >= 15 is 0 Å². The van der Waals surface area contributed by atoms with Crippen LogP contribution in [-0.4, -0.2) is 0 Å². The molecule has 0 saturated carbocycles. The number of thiophene rings is 1. The molecule has 2 rings (SSSR count). The highest BCUT2D eigenvalue weighted by atomic mass is 79.9. The van der Waals surface area contributed by atoms with Gasteiger partial charge in [-0.1, -0.05) is 39.1 Å². The first-order valence-corrected chi connectivity index (χ1v) is 6.95. The van der Waals surface area contributed by atoms with E-state index in [0.29, 0.717) is 5.02 Å². The lowest BCUT2D eigenvalue weighted by Crippen LogP contribution is -1.97. The molecule has 1 heterocycles. The number of hydrogen-bond acceptors (Lipinski definition) is 2. The maximum Gasteiger partial charge on any atom is 0.0931 e. The second-order valence-corrected chi connectivity index (χ2v) is 6.31. The summed E-state index contributed by atoms with van der Waals surface area (Å²) in [6.07, 6.45) is 0. The summed E-state index contributed by atoms with van der Waals surface area (Å²) < 4.78 is 1.81. The Kier molecular flexibility index (Phi) is 4.14. The Morgan fingerprint density at radius 3 is 2.69 bits per heavy atom. The van der Waals surface area contributed by atoms with Crippen molar-refractivity contribution in [1.82, 2.24) is 0 Å². The van der Waals surface area contributed by atoms with Crippen LogP contribution < -0.4 is 5.32 Å². The van der Waals surface area contributed by atoms with Gasteiger partial charge in [-0.3, -0.25) is 0 Å². The van der Waals surface area contributed by atoms with E-state index in [1.54, 1.807) is 11.3 Å². The van der Waals surface area contributed by atoms with Gasteiger partial charge in [0.15, 0.2) is 0 Å². The predicted octanol–water partition coefficient (Wildman–Crippen LogP) is 5.43. The molecule has 0 amide bonds. The fraction of sp³-hybridized carbons (Fsp3) is 0.0909. The highest BCUT2D eigenvalue weighted by molar-refractivity contribution is 9.10. The Morgan fingerprint density at radius 1 is 1.19 bits per heavy atom. The van der Waals surface area contributed by atoms with Gasteiger partial charge in [-0.15, -0.1) is 11.3 Å². The molecule has 1 aromatic heterocycles. The van der Waals surface area contributed by atoms with Gasteiger partial charge < -0.3 is 5.32 Å². The second-order valence-electron chi connectivity index (χ2n) is 3.18. The number of halogens is 3. The number of benzene rings is 1. The van der Waals surface area contributed by atoms with Crippen molar-refractivity contribution < 1.29 is 0 Å². The van der Waals surface area contributed by atoms with Crippen molar-refractivity contribution in [3.05, 3.63) is 49.0 Å². The van der Waals surface area contributed by atoms with E-state index in [-0.39, 0.29) is 0 Å². The Labute approximate surface area is 117 Å². The van der Waals surface area contributed by atoms with Crippen LogP contribution in [0.1, 0.15) is 4.88 Å². The molecule has 0 saturated heterocycles. The van der Waals surface area contributed by atoms with Gasteiger partial charge in [0.2, 0.25) is 0 Å². The van der Waals surface area contributed by atoms with Crippen molar-refractivity contribution in [2.75, 3.05) is 5.32 Å². The van der Waals surface area contributed by atoms with Crippen molar-refractivity contribution in [3.8, 4) is 0 Å². The highest BCUT2D eigenvalue weighted by Crippen LogP contribution is 2.27. The monoisotopic (exact) mass is 335 g/mol. The van der Waals surface area contributed by atoms with Gasteiger partial charge in [0, 0.05) is 15.9 Å². The summed E-state index contributed by atoms with van der Waals surface area (Å²) in [6, 6.07) is 9.63. The number of anilines is 1. The van der Waals surface area contributed by atoms with E-state index in [0.717, 1.165) is 21.0 Å². The first-order chi connectivity index (χ1) is 7.65. The summed E-state index contributed by atoms with van der Waals surface area (Å²) in [7, 11) is 0. The van der Waals surface area contributed by atoms with Gasteiger partial charge in [0.1, 0.15) is 0 Å². The molecule has 0 bridgehead atoms. The van der Waals surface area contributed by atoms with Crippen LogP contribution in [0.5, 0.6) is 0 Å². The van der Waals surface area contributed by atoms with Crippen LogP contribution in [0.25, 0.3) is 0 Å². The summed E-state index contributed by atoms with van der Waals surface area (Å²) >= 11 is 16.9. The molecule has 1 nitrogen and oxygen atoms in total. The molecule has 0 spiro atoms. The minimum Gasteiger partial charge on any atom is -0.379 e. The standard InChI is InChI=1S/C11H8BrCl2NS/c12-7-1-3-9(13)10(5-7)15-6-8-2-4-11(14)16-8/h1-5,15H,6H2. The zero-order valence-corrected chi connectivity index (χ0v) is 12.1. The van der Waals surface area contributed by atoms with Gasteiger partial charge in [0.25, 0.3) is 0 Å². The minimum atomic E-state index is 0.714. The van der Waals surface area contributed by atoms with Crippen molar-refractivity contribution in [2.45, 2.75) is 6.54 Å². The minimum absolute atomic E-state index is 0.714. The summed E-state index contributed by atoms with van der Waals surface area (Å²) in [4.78, 5) is 1.18. The predicted molar refractivity (Wildman–Crippen MR) is 75.8 cm³/mol. The van der Waals surface area contributed by atoms with Gasteiger partial charge in [-0.25, -0.2) is 0 Å². The molecule has 84 valence electrons. The molecule has 0 aliphatic rings. The molecule has 2 aromatic rings. The maximum absolute atomic E-state index is 6.06. The first-order valence-electron chi connectivity index (χ1n) is 4.58. The average Bonchev–Trinajstić information content (AvgIpc) is 2.66. The lowest BCUT2D eigenvalue weighted by Gasteiger charge is -2.07. The highest BCUT2D eigenvalue weighted by Gasteiger charge is 2.02. The third-order valence-corrected chi connectivity index (χ3v) is 4.06. The van der Waals surface area contributed by atoms with E-state index in [4.69, 9.17) is 23.2 Å². The zero-order chi connectivity index (χ0) is 11.5. The van der Waals surface area contributed by atoms with Crippen molar-refractivity contribution in [1.29, 1.82) is 0 Å². The first kappa shape index (κ1) is 12.2. The second kappa shape index (κ2) is 5.41. The third kappa shape index (κ3) is 3.14. The fourth-order valence-corrected chi connectivity index (χ4v) is 2.83. The topological polar surface area (TPSA) is 12.0 Å². The lowest BCUT2D eigenvalue weighted by atomic mass is 10.3. The molecular formula is C11H8BrCl2NS. The van der Waals surface area contributed by atoms with Crippen LogP contribution in [0.2, 0.25) is 9.36 Å². The van der Waals surface area contributed by atoms with Gasteiger partial charge in [-0.2, -0.15) is 0 Å². The van der Waals surface area contributed by atoms with Crippen LogP contribution in [0.15, 0.2) is 34.8 Å². The summed E-state index contributed by atoms with van der Waals surface area (Å²) in [5, 5.41) is 3.99. The maximum atomic E-state index is 6.06. The van der Waals surface area contributed by atoms with Gasteiger partial charge in [0.05, 0.1) is 15.0 Å². The van der Waals surface area contributed by atoms with Gasteiger partial charge >= 0.3 is 0 Å². The third-order valence-electron chi connectivity index (χ3n) is 2.01. The molecule has 0 aliphatic heterocycles. The summed E-state index contributed by atoms with van der Waals surface area (Å²) in [5.74, 6) is 0. The van der Waals surface area contributed by atoms with E-state index in [1.807, 2.05) is 30.3 Å². The summed E-state index contributed by atoms with van der Waals surface area (Å²) in [6.45, 7) is 0.730. The van der Waals surface area contributed by atoms with Crippen LogP contribution in [0.4, 0.5) is 5.69 Å². The average molecular weight is 337 g/mol. The molecule has 1 aromatic carbocycles. The normalized spacial score (nSPS) is 10.4. The van der Waals surface area contributed by atoms with Crippen LogP contribution >= 0.6 is 50.5 Å². The number of nitrogens with one attached hydrogen (secondary N) is 1. The van der Waals surface area contributed by atoms with Crippen LogP contribution in [0, 0.1) is 0 Å². The van der Waals surface area contributed by atoms with Crippen molar-refractivity contribution >= 4 is 56.2 Å². The molecule has 0 radical (unpaired) electrons. The Balaban J connectivity index is 2.07. The SMILES string of the molecule is Clc1ccc(CNc2cc(Br)ccc2Cl)s1.